The molecule has 0 aliphatic heterocycles. The molecular formula is C11H15ClN2O. The second kappa shape index (κ2) is 5.73. The Labute approximate surface area is 94.6 Å². The Morgan fingerprint density at radius 1 is 1.47 bits per heavy atom. The summed E-state index contributed by atoms with van der Waals surface area (Å²) in [6, 6.07) is 7.01. The topological polar surface area (TPSA) is 55.1 Å². The lowest BCUT2D eigenvalue weighted by Gasteiger charge is -2.12. The van der Waals surface area contributed by atoms with Gasteiger partial charge in [-0.25, -0.2) is 0 Å². The number of nitrogens with one attached hydrogen (secondary N) is 1. The number of hydrogen-bond acceptors (Lipinski definition) is 2. The van der Waals surface area contributed by atoms with Gasteiger partial charge in [-0.1, -0.05) is 18.5 Å². The van der Waals surface area contributed by atoms with Crippen LogP contribution >= 0.6 is 11.6 Å². The molecule has 1 unspecified atom stereocenters. The van der Waals surface area contributed by atoms with Crippen LogP contribution in [0.4, 0.5) is 5.69 Å². The standard InChI is InChI=1S/C11H15ClN2O/c1-2-8(7-13)11(15)14-10-5-3-9(12)4-6-10/h3-6,8H,2,7,13H2,1H3,(H,14,15). The van der Waals surface area contributed by atoms with Gasteiger partial charge in [-0.15, -0.1) is 0 Å². The van der Waals surface area contributed by atoms with Crippen LogP contribution in [0.5, 0.6) is 0 Å². The fourth-order valence-corrected chi connectivity index (χ4v) is 1.36. The molecule has 0 bridgehead atoms. The minimum atomic E-state index is -0.124. The molecule has 1 amide bonds. The summed E-state index contributed by atoms with van der Waals surface area (Å²) < 4.78 is 0. The maximum Gasteiger partial charge on any atom is 0.228 e. The summed E-state index contributed by atoms with van der Waals surface area (Å²) in [4.78, 5) is 11.6. The molecule has 4 heteroatoms. The average molecular weight is 227 g/mol. The number of amides is 1. The zero-order chi connectivity index (χ0) is 11.3. The van der Waals surface area contributed by atoms with Gasteiger partial charge in [-0.2, -0.15) is 0 Å². The maximum atomic E-state index is 11.6. The van der Waals surface area contributed by atoms with Crippen molar-refractivity contribution in [2.75, 3.05) is 11.9 Å². The lowest BCUT2D eigenvalue weighted by Crippen LogP contribution is -2.28. The summed E-state index contributed by atoms with van der Waals surface area (Å²) in [5, 5.41) is 3.45. The molecule has 1 atom stereocenters. The SMILES string of the molecule is CCC(CN)C(=O)Nc1ccc(Cl)cc1. The van der Waals surface area contributed by atoms with E-state index in [4.69, 9.17) is 17.3 Å². The molecule has 0 heterocycles. The Kier molecular flexibility index (Phi) is 4.59. The van der Waals surface area contributed by atoms with E-state index in [9.17, 15) is 4.79 Å². The summed E-state index contributed by atoms with van der Waals surface area (Å²) >= 11 is 5.73. The quantitative estimate of drug-likeness (QED) is 0.828. The van der Waals surface area contributed by atoms with Crippen LogP contribution in [0.15, 0.2) is 24.3 Å². The first kappa shape index (κ1) is 12.0. The molecule has 82 valence electrons. The minimum absolute atomic E-state index is 0.0395. The van der Waals surface area contributed by atoms with E-state index in [1.165, 1.54) is 0 Å². The molecule has 3 N–H and O–H groups in total. The Bertz CT molecular complexity index is 320. The van der Waals surface area contributed by atoms with Crippen LogP contribution in [0.1, 0.15) is 13.3 Å². The third-order valence-electron chi connectivity index (χ3n) is 2.26. The highest BCUT2D eigenvalue weighted by Crippen LogP contribution is 2.14. The summed E-state index contributed by atoms with van der Waals surface area (Å²) in [5.74, 6) is -0.164. The monoisotopic (exact) mass is 226 g/mol. The predicted molar refractivity (Wildman–Crippen MR) is 62.9 cm³/mol. The van der Waals surface area contributed by atoms with E-state index in [2.05, 4.69) is 5.32 Å². The molecule has 15 heavy (non-hydrogen) atoms. The maximum absolute atomic E-state index is 11.6. The molecule has 0 saturated carbocycles. The normalized spacial score (nSPS) is 12.2. The van der Waals surface area contributed by atoms with Crippen molar-refractivity contribution < 1.29 is 4.79 Å². The van der Waals surface area contributed by atoms with E-state index in [0.717, 1.165) is 12.1 Å². The highest BCUT2D eigenvalue weighted by atomic mass is 35.5. The smallest absolute Gasteiger partial charge is 0.228 e. The van der Waals surface area contributed by atoms with Crippen LogP contribution in [0, 0.1) is 5.92 Å². The van der Waals surface area contributed by atoms with E-state index in [1.54, 1.807) is 24.3 Å². The number of benzene rings is 1. The van der Waals surface area contributed by atoms with E-state index < -0.39 is 0 Å². The molecule has 1 rings (SSSR count). The number of rotatable bonds is 4. The number of nitrogens with two attached hydrogens (primary N) is 1. The van der Waals surface area contributed by atoms with Crippen LogP contribution < -0.4 is 11.1 Å². The van der Waals surface area contributed by atoms with Crippen molar-refractivity contribution >= 4 is 23.2 Å². The molecule has 0 aromatic heterocycles. The average Bonchev–Trinajstić information content (AvgIpc) is 2.23. The molecule has 0 aliphatic rings. The number of anilines is 1. The van der Waals surface area contributed by atoms with Gasteiger partial charge in [0.05, 0.1) is 5.92 Å². The van der Waals surface area contributed by atoms with Gasteiger partial charge in [-0.05, 0) is 30.7 Å². The van der Waals surface area contributed by atoms with E-state index in [0.29, 0.717) is 11.6 Å². The van der Waals surface area contributed by atoms with Gasteiger partial charge in [0.1, 0.15) is 0 Å². The largest absolute Gasteiger partial charge is 0.330 e. The summed E-state index contributed by atoms with van der Waals surface area (Å²) in [7, 11) is 0. The number of carbonyl (C=O) groups is 1. The van der Waals surface area contributed by atoms with Gasteiger partial charge < -0.3 is 11.1 Å². The van der Waals surface area contributed by atoms with Gasteiger partial charge in [-0.3, -0.25) is 4.79 Å². The molecule has 0 aliphatic carbocycles. The highest BCUT2D eigenvalue weighted by Gasteiger charge is 2.13. The van der Waals surface area contributed by atoms with Gasteiger partial charge >= 0.3 is 0 Å². The summed E-state index contributed by atoms with van der Waals surface area (Å²) in [6.07, 6.45) is 0.746. The first-order valence-corrected chi connectivity index (χ1v) is 5.31. The third kappa shape index (κ3) is 3.53. The third-order valence-corrected chi connectivity index (χ3v) is 2.51. The highest BCUT2D eigenvalue weighted by molar-refractivity contribution is 6.30. The molecule has 3 nitrogen and oxygen atoms in total. The van der Waals surface area contributed by atoms with Gasteiger partial charge in [0.15, 0.2) is 0 Å². The van der Waals surface area contributed by atoms with Crippen LogP contribution in [0.2, 0.25) is 5.02 Å². The van der Waals surface area contributed by atoms with E-state index in [-0.39, 0.29) is 11.8 Å². The van der Waals surface area contributed by atoms with Crippen molar-refractivity contribution in [3.05, 3.63) is 29.3 Å². The second-order valence-corrected chi connectivity index (χ2v) is 3.77. The molecule has 0 radical (unpaired) electrons. The molecule has 0 spiro atoms. The Balaban J connectivity index is 2.61. The number of hydrogen-bond donors (Lipinski definition) is 2. The Morgan fingerprint density at radius 2 is 2.07 bits per heavy atom. The van der Waals surface area contributed by atoms with Crippen molar-refractivity contribution in [2.45, 2.75) is 13.3 Å². The molecular weight excluding hydrogens is 212 g/mol. The molecule has 1 aromatic rings. The zero-order valence-electron chi connectivity index (χ0n) is 8.66. The lowest BCUT2D eigenvalue weighted by molar-refractivity contribution is -0.119. The minimum Gasteiger partial charge on any atom is -0.330 e. The van der Waals surface area contributed by atoms with Crippen molar-refractivity contribution in [1.82, 2.24) is 0 Å². The number of carbonyl (C=O) groups excluding carboxylic acids is 1. The molecule has 0 saturated heterocycles. The van der Waals surface area contributed by atoms with Gasteiger partial charge in [0.2, 0.25) is 5.91 Å². The van der Waals surface area contributed by atoms with Crippen LogP contribution in [-0.4, -0.2) is 12.5 Å². The summed E-state index contributed by atoms with van der Waals surface area (Å²) in [6.45, 7) is 2.31. The first-order valence-electron chi connectivity index (χ1n) is 4.94. The van der Waals surface area contributed by atoms with E-state index in [1.807, 2.05) is 6.92 Å². The van der Waals surface area contributed by atoms with Crippen molar-refractivity contribution in [1.29, 1.82) is 0 Å². The van der Waals surface area contributed by atoms with Gasteiger partial charge in [0.25, 0.3) is 0 Å². The van der Waals surface area contributed by atoms with Crippen molar-refractivity contribution in [2.24, 2.45) is 11.7 Å². The number of halogens is 1. The summed E-state index contributed by atoms with van der Waals surface area (Å²) in [5.41, 5.74) is 6.23. The van der Waals surface area contributed by atoms with Gasteiger partial charge in [0, 0.05) is 17.3 Å². The second-order valence-electron chi connectivity index (χ2n) is 3.34. The zero-order valence-corrected chi connectivity index (χ0v) is 9.42. The predicted octanol–water partition coefficient (Wildman–Crippen LogP) is 2.26. The Hall–Kier alpha value is -1.06. The lowest BCUT2D eigenvalue weighted by atomic mass is 10.1. The molecule has 1 aromatic carbocycles. The van der Waals surface area contributed by atoms with Crippen molar-refractivity contribution in [3.63, 3.8) is 0 Å². The fourth-order valence-electron chi connectivity index (χ4n) is 1.24. The van der Waals surface area contributed by atoms with Crippen LogP contribution in [0.25, 0.3) is 0 Å². The Morgan fingerprint density at radius 3 is 2.53 bits per heavy atom. The molecule has 0 fully saturated rings. The van der Waals surface area contributed by atoms with Crippen molar-refractivity contribution in [3.8, 4) is 0 Å². The fraction of sp³-hybridized carbons (Fsp3) is 0.364. The first-order chi connectivity index (χ1) is 7.17. The van der Waals surface area contributed by atoms with E-state index >= 15 is 0 Å². The van der Waals surface area contributed by atoms with Crippen LogP contribution in [-0.2, 0) is 4.79 Å². The van der Waals surface area contributed by atoms with Crippen LogP contribution in [0.3, 0.4) is 0 Å².